The highest BCUT2D eigenvalue weighted by Crippen LogP contribution is 2.20. The number of carbonyl (C=O) groups is 2. The molecule has 2 aromatic heterocycles. The van der Waals surface area contributed by atoms with Gasteiger partial charge in [0.2, 0.25) is 0 Å². The molecule has 0 fully saturated rings. The first-order valence-corrected chi connectivity index (χ1v) is 6.84. The zero-order valence-corrected chi connectivity index (χ0v) is 12.5. The minimum absolute atomic E-state index is 0.0194. The number of aldehydes is 1. The van der Waals surface area contributed by atoms with Crippen molar-refractivity contribution in [1.29, 1.82) is 0 Å². The fourth-order valence-corrected chi connectivity index (χ4v) is 1.82. The van der Waals surface area contributed by atoms with Gasteiger partial charge in [-0.3, -0.25) is 14.8 Å². The largest absolute Gasteiger partial charge is 0.364 e. The Labute approximate surface area is 132 Å². The third-order valence-corrected chi connectivity index (χ3v) is 3.09. The second kappa shape index (κ2) is 7.27. The molecule has 1 amide bonds. The van der Waals surface area contributed by atoms with Crippen molar-refractivity contribution in [3.63, 3.8) is 0 Å². The first kappa shape index (κ1) is 16.3. The van der Waals surface area contributed by atoms with Gasteiger partial charge in [0.25, 0.3) is 5.91 Å². The Morgan fingerprint density at radius 1 is 1.48 bits per heavy atom. The Kier molecular flexibility index (Phi) is 5.15. The van der Waals surface area contributed by atoms with E-state index >= 15 is 0 Å². The summed E-state index contributed by atoms with van der Waals surface area (Å²) in [6.07, 6.45) is 5.51. The van der Waals surface area contributed by atoms with Gasteiger partial charge in [0.05, 0.1) is 24.1 Å². The third kappa shape index (κ3) is 3.98. The second-order valence-corrected chi connectivity index (χ2v) is 4.82. The standard InChI is InChI=1S/C14H17N7O2/c1-9(4-6-22)21(16)11-8-18-12(13(15)23)14(20-11)19-10-3-2-5-17-7-10/h2-3,5-9H,4,16H2,1H3,(H2,15,23)(H,19,20)/t9-/m1/s1. The van der Waals surface area contributed by atoms with Crippen LogP contribution < -0.4 is 21.9 Å². The summed E-state index contributed by atoms with van der Waals surface area (Å²) in [7, 11) is 0. The molecule has 1 atom stereocenters. The van der Waals surface area contributed by atoms with E-state index in [0.29, 0.717) is 11.5 Å². The summed E-state index contributed by atoms with van der Waals surface area (Å²) in [4.78, 5) is 34.4. The fraction of sp³-hybridized carbons (Fsp3) is 0.214. The maximum atomic E-state index is 11.5. The fourth-order valence-electron chi connectivity index (χ4n) is 1.82. The Hall–Kier alpha value is -3.07. The van der Waals surface area contributed by atoms with Gasteiger partial charge in [-0.05, 0) is 19.1 Å². The molecule has 5 N–H and O–H groups in total. The van der Waals surface area contributed by atoms with E-state index in [2.05, 4.69) is 20.3 Å². The second-order valence-electron chi connectivity index (χ2n) is 4.82. The molecule has 0 saturated heterocycles. The first-order chi connectivity index (χ1) is 11.0. The van der Waals surface area contributed by atoms with Crippen LogP contribution in [0.3, 0.4) is 0 Å². The molecular formula is C14H17N7O2. The van der Waals surface area contributed by atoms with Crippen molar-refractivity contribution in [2.45, 2.75) is 19.4 Å². The van der Waals surface area contributed by atoms with E-state index in [1.807, 2.05) is 0 Å². The molecule has 23 heavy (non-hydrogen) atoms. The van der Waals surface area contributed by atoms with Crippen LogP contribution >= 0.6 is 0 Å². The van der Waals surface area contributed by atoms with Crippen LogP contribution in [-0.4, -0.2) is 33.2 Å². The highest BCUT2D eigenvalue weighted by atomic mass is 16.1. The maximum Gasteiger partial charge on any atom is 0.271 e. The van der Waals surface area contributed by atoms with E-state index in [1.54, 1.807) is 31.5 Å². The number of hydrogen-bond acceptors (Lipinski definition) is 8. The normalized spacial score (nSPS) is 11.6. The number of rotatable bonds is 7. The molecule has 2 aromatic rings. The van der Waals surface area contributed by atoms with Crippen LogP contribution in [-0.2, 0) is 4.79 Å². The summed E-state index contributed by atoms with van der Waals surface area (Å²) >= 11 is 0. The molecule has 9 nitrogen and oxygen atoms in total. The molecule has 120 valence electrons. The number of hydrogen-bond donors (Lipinski definition) is 3. The van der Waals surface area contributed by atoms with Crippen molar-refractivity contribution in [3.05, 3.63) is 36.4 Å². The molecule has 0 aliphatic carbocycles. The predicted octanol–water partition coefficient (Wildman–Crippen LogP) is 0.372. The van der Waals surface area contributed by atoms with Gasteiger partial charge in [0.1, 0.15) is 6.29 Å². The first-order valence-electron chi connectivity index (χ1n) is 6.84. The molecule has 0 aliphatic heterocycles. The van der Waals surface area contributed by atoms with Gasteiger partial charge in [-0.1, -0.05) is 0 Å². The summed E-state index contributed by atoms with van der Waals surface area (Å²) in [5.41, 5.74) is 5.91. The van der Waals surface area contributed by atoms with Crippen molar-refractivity contribution in [2.24, 2.45) is 11.6 Å². The number of anilines is 3. The number of aromatic nitrogens is 3. The van der Waals surface area contributed by atoms with Crippen molar-refractivity contribution < 1.29 is 9.59 Å². The number of primary amides is 1. The van der Waals surface area contributed by atoms with Gasteiger partial charge in [-0.25, -0.2) is 15.8 Å². The van der Waals surface area contributed by atoms with Crippen molar-refractivity contribution in [3.8, 4) is 0 Å². The van der Waals surface area contributed by atoms with Gasteiger partial charge in [-0.2, -0.15) is 0 Å². The molecule has 2 heterocycles. The Morgan fingerprint density at radius 2 is 2.26 bits per heavy atom. The van der Waals surface area contributed by atoms with Gasteiger partial charge in [-0.15, -0.1) is 0 Å². The zero-order chi connectivity index (χ0) is 16.8. The Morgan fingerprint density at radius 3 is 2.87 bits per heavy atom. The number of carbonyl (C=O) groups excluding carboxylic acids is 2. The predicted molar refractivity (Wildman–Crippen MR) is 84.9 cm³/mol. The lowest BCUT2D eigenvalue weighted by atomic mass is 10.2. The molecule has 0 saturated carbocycles. The number of hydrazine groups is 1. The molecular weight excluding hydrogens is 298 g/mol. The lowest BCUT2D eigenvalue weighted by Gasteiger charge is -2.24. The number of amides is 1. The van der Waals surface area contributed by atoms with Crippen LogP contribution in [0.2, 0.25) is 0 Å². The van der Waals surface area contributed by atoms with E-state index in [0.717, 1.165) is 6.29 Å². The van der Waals surface area contributed by atoms with Crippen LogP contribution in [0.15, 0.2) is 30.7 Å². The third-order valence-electron chi connectivity index (χ3n) is 3.09. The number of nitrogens with one attached hydrogen (secondary N) is 1. The van der Waals surface area contributed by atoms with Crippen LogP contribution in [0.4, 0.5) is 17.3 Å². The lowest BCUT2D eigenvalue weighted by Crippen LogP contribution is -2.40. The van der Waals surface area contributed by atoms with Crippen LogP contribution in [0, 0.1) is 0 Å². The highest BCUT2D eigenvalue weighted by Gasteiger charge is 2.17. The average Bonchev–Trinajstić information content (AvgIpc) is 2.55. The highest BCUT2D eigenvalue weighted by molar-refractivity contribution is 5.96. The van der Waals surface area contributed by atoms with Gasteiger partial charge < -0.3 is 15.8 Å². The lowest BCUT2D eigenvalue weighted by molar-refractivity contribution is -0.108. The average molecular weight is 315 g/mol. The summed E-state index contributed by atoms with van der Waals surface area (Å²) < 4.78 is 0. The van der Waals surface area contributed by atoms with Crippen molar-refractivity contribution in [2.75, 3.05) is 10.3 Å². The summed E-state index contributed by atoms with van der Waals surface area (Å²) in [5, 5.41) is 4.24. The van der Waals surface area contributed by atoms with Crippen LogP contribution in [0.25, 0.3) is 0 Å². The number of nitrogens with zero attached hydrogens (tertiary/aromatic N) is 4. The summed E-state index contributed by atoms with van der Waals surface area (Å²) in [6, 6.07) is 3.21. The van der Waals surface area contributed by atoms with E-state index < -0.39 is 5.91 Å². The quantitative estimate of drug-likeness (QED) is 0.378. The Bertz CT molecular complexity index is 693. The monoisotopic (exact) mass is 315 g/mol. The zero-order valence-electron chi connectivity index (χ0n) is 12.5. The molecule has 0 radical (unpaired) electrons. The smallest absolute Gasteiger partial charge is 0.271 e. The van der Waals surface area contributed by atoms with Crippen LogP contribution in [0.5, 0.6) is 0 Å². The molecule has 0 spiro atoms. The van der Waals surface area contributed by atoms with Gasteiger partial charge in [0.15, 0.2) is 17.3 Å². The SMILES string of the molecule is C[C@H](CC=O)N(N)c1cnc(C(N)=O)c(Nc2cccnc2)n1. The molecule has 2 rings (SSSR count). The van der Waals surface area contributed by atoms with E-state index in [4.69, 9.17) is 11.6 Å². The summed E-state index contributed by atoms with van der Waals surface area (Å²) in [6.45, 7) is 1.77. The van der Waals surface area contributed by atoms with Crippen molar-refractivity contribution >= 4 is 29.5 Å². The van der Waals surface area contributed by atoms with Gasteiger partial charge in [0, 0.05) is 12.6 Å². The number of pyridine rings is 1. The molecule has 0 unspecified atom stereocenters. The maximum absolute atomic E-state index is 11.5. The van der Waals surface area contributed by atoms with Crippen LogP contribution in [0.1, 0.15) is 23.8 Å². The van der Waals surface area contributed by atoms with Gasteiger partial charge >= 0.3 is 0 Å². The van der Waals surface area contributed by atoms with E-state index in [1.165, 1.54) is 11.2 Å². The molecule has 0 aliphatic rings. The molecule has 9 heteroatoms. The van der Waals surface area contributed by atoms with Crippen molar-refractivity contribution in [1.82, 2.24) is 15.0 Å². The van der Waals surface area contributed by atoms with E-state index in [9.17, 15) is 9.59 Å². The minimum atomic E-state index is -0.722. The minimum Gasteiger partial charge on any atom is -0.364 e. The molecule has 0 bridgehead atoms. The summed E-state index contributed by atoms with van der Waals surface area (Å²) in [5.74, 6) is 5.67. The topological polar surface area (TPSA) is 140 Å². The Balaban J connectivity index is 2.35. The van der Waals surface area contributed by atoms with E-state index in [-0.39, 0.29) is 24.0 Å². The number of nitrogens with two attached hydrogens (primary N) is 2. The molecule has 0 aromatic carbocycles.